The first-order valence-corrected chi connectivity index (χ1v) is 10.9. The number of benzene rings is 2. The quantitative estimate of drug-likeness (QED) is 0.251. The zero-order valence-corrected chi connectivity index (χ0v) is 19.8. The van der Waals surface area contributed by atoms with Crippen molar-refractivity contribution in [3.8, 4) is 0 Å². The number of rotatable bonds is 7. The van der Waals surface area contributed by atoms with Gasteiger partial charge in [-0.05, 0) is 42.7 Å². The number of hydrogen-bond acceptors (Lipinski definition) is 3. The summed E-state index contributed by atoms with van der Waals surface area (Å²) in [6.45, 7) is 3.07. The summed E-state index contributed by atoms with van der Waals surface area (Å²) in [7, 11) is -1.62. The van der Waals surface area contributed by atoms with Crippen LogP contribution in [0.2, 0.25) is 0 Å². The lowest BCUT2D eigenvalue weighted by Crippen LogP contribution is -2.40. The molecular formula is C21H27IN4O2S. The predicted octanol–water partition coefficient (Wildman–Crippen LogP) is 3.28. The highest BCUT2D eigenvalue weighted by Gasteiger charge is 2.13. The minimum Gasteiger partial charge on any atom is -0.361 e. The number of nitrogens with one attached hydrogen (secondary N) is 3. The van der Waals surface area contributed by atoms with E-state index < -0.39 is 9.84 Å². The highest BCUT2D eigenvalue weighted by atomic mass is 127. The number of halogens is 1. The molecule has 0 fully saturated rings. The molecule has 8 heteroatoms. The first-order chi connectivity index (χ1) is 13.5. The Morgan fingerprint density at radius 1 is 1.07 bits per heavy atom. The van der Waals surface area contributed by atoms with Gasteiger partial charge in [-0.2, -0.15) is 0 Å². The first-order valence-electron chi connectivity index (χ1n) is 9.28. The molecule has 0 atom stereocenters. The molecule has 6 nitrogen and oxygen atoms in total. The van der Waals surface area contributed by atoms with Crippen molar-refractivity contribution in [1.82, 2.24) is 15.6 Å². The van der Waals surface area contributed by atoms with Crippen molar-refractivity contribution in [1.29, 1.82) is 0 Å². The second kappa shape index (κ2) is 10.6. The molecule has 3 N–H and O–H groups in total. The predicted molar refractivity (Wildman–Crippen MR) is 130 cm³/mol. The molecule has 0 radical (unpaired) electrons. The van der Waals surface area contributed by atoms with E-state index in [-0.39, 0.29) is 29.7 Å². The summed E-state index contributed by atoms with van der Waals surface area (Å²) in [6, 6.07) is 14.9. The van der Waals surface area contributed by atoms with E-state index in [1.807, 2.05) is 6.20 Å². The van der Waals surface area contributed by atoms with E-state index in [4.69, 9.17) is 0 Å². The smallest absolute Gasteiger partial charge is 0.191 e. The molecule has 29 heavy (non-hydrogen) atoms. The number of nitrogens with zero attached hydrogens (tertiary/aromatic N) is 1. The van der Waals surface area contributed by atoms with Crippen LogP contribution >= 0.6 is 24.0 Å². The van der Waals surface area contributed by atoms with Crippen LogP contribution in [0.3, 0.4) is 0 Å². The summed E-state index contributed by atoms with van der Waals surface area (Å²) in [5.74, 6) is 0.610. The number of guanidine groups is 1. The van der Waals surface area contributed by atoms with Gasteiger partial charge in [0, 0.05) is 37.2 Å². The Morgan fingerprint density at radius 2 is 1.79 bits per heavy atom. The van der Waals surface area contributed by atoms with Crippen LogP contribution in [0, 0.1) is 6.92 Å². The average molecular weight is 526 g/mol. The zero-order valence-electron chi connectivity index (χ0n) is 16.6. The maximum atomic E-state index is 12.3. The third-order valence-electron chi connectivity index (χ3n) is 4.60. The molecule has 0 spiro atoms. The lowest BCUT2D eigenvalue weighted by Gasteiger charge is -2.12. The summed E-state index contributed by atoms with van der Waals surface area (Å²) in [5.41, 5.74) is 3.61. The van der Waals surface area contributed by atoms with E-state index in [0.29, 0.717) is 23.9 Å². The SMILES string of the molecule is CN=C(NCCc1c[nH]c2cc(C)ccc12)NCCS(=O)(=O)c1ccccc1.I. The summed E-state index contributed by atoms with van der Waals surface area (Å²) >= 11 is 0. The van der Waals surface area contributed by atoms with Crippen LogP contribution in [0.15, 0.2) is 64.6 Å². The summed E-state index contributed by atoms with van der Waals surface area (Å²) in [4.78, 5) is 7.81. The maximum absolute atomic E-state index is 12.3. The number of hydrogen-bond donors (Lipinski definition) is 3. The Kier molecular flexibility index (Phi) is 8.51. The molecule has 0 aliphatic rings. The van der Waals surface area contributed by atoms with Crippen LogP contribution in [0.4, 0.5) is 0 Å². The highest BCUT2D eigenvalue weighted by Crippen LogP contribution is 2.19. The number of aromatic nitrogens is 1. The van der Waals surface area contributed by atoms with Crippen molar-refractivity contribution in [2.45, 2.75) is 18.2 Å². The standard InChI is InChI=1S/C21H26N4O2S.HI/c1-16-8-9-19-17(15-25-20(19)14-16)10-11-23-21(22-2)24-12-13-28(26,27)18-6-4-3-5-7-18;/h3-9,14-15,25H,10-13H2,1-2H3,(H2,22,23,24);1H. The van der Waals surface area contributed by atoms with E-state index >= 15 is 0 Å². The van der Waals surface area contributed by atoms with Gasteiger partial charge in [0.05, 0.1) is 10.6 Å². The third-order valence-corrected chi connectivity index (χ3v) is 6.33. The van der Waals surface area contributed by atoms with Crippen molar-refractivity contribution >= 4 is 50.7 Å². The molecule has 0 saturated heterocycles. The van der Waals surface area contributed by atoms with E-state index in [0.717, 1.165) is 11.9 Å². The van der Waals surface area contributed by atoms with Gasteiger partial charge in [0.2, 0.25) is 0 Å². The number of aryl methyl sites for hydroxylation is 1. The van der Waals surface area contributed by atoms with E-state index in [1.54, 1.807) is 37.4 Å². The second-order valence-corrected chi connectivity index (χ2v) is 8.78. The lowest BCUT2D eigenvalue weighted by molar-refractivity contribution is 0.594. The van der Waals surface area contributed by atoms with Gasteiger partial charge in [-0.1, -0.05) is 30.3 Å². The van der Waals surface area contributed by atoms with Crippen molar-refractivity contribution in [2.24, 2.45) is 4.99 Å². The number of sulfone groups is 1. The van der Waals surface area contributed by atoms with Crippen molar-refractivity contribution in [3.63, 3.8) is 0 Å². The molecule has 0 bridgehead atoms. The Balaban J connectivity index is 0.00000300. The van der Waals surface area contributed by atoms with Crippen LogP contribution in [-0.4, -0.2) is 45.3 Å². The highest BCUT2D eigenvalue weighted by molar-refractivity contribution is 14.0. The normalized spacial score (nSPS) is 11.9. The lowest BCUT2D eigenvalue weighted by atomic mass is 10.1. The molecule has 2 aromatic carbocycles. The fourth-order valence-electron chi connectivity index (χ4n) is 3.09. The van der Waals surface area contributed by atoms with E-state index in [2.05, 4.69) is 45.7 Å². The molecule has 0 amide bonds. The molecule has 0 aliphatic carbocycles. The summed E-state index contributed by atoms with van der Waals surface area (Å²) in [5, 5.41) is 7.54. The maximum Gasteiger partial charge on any atom is 0.191 e. The van der Waals surface area contributed by atoms with Crippen LogP contribution in [0.5, 0.6) is 0 Å². The molecule has 0 aliphatic heterocycles. The van der Waals surface area contributed by atoms with Gasteiger partial charge in [0.25, 0.3) is 0 Å². The van der Waals surface area contributed by atoms with Gasteiger partial charge < -0.3 is 15.6 Å². The Morgan fingerprint density at radius 3 is 2.52 bits per heavy atom. The fraction of sp³-hybridized carbons (Fsp3) is 0.286. The largest absolute Gasteiger partial charge is 0.361 e. The molecule has 3 aromatic rings. The minimum atomic E-state index is -3.30. The summed E-state index contributed by atoms with van der Waals surface area (Å²) < 4.78 is 24.6. The number of fused-ring (bicyclic) bond motifs is 1. The van der Waals surface area contributed by atoms with Gasteiger partial charge in [-0.15, -0.1) is 24.0 Å². The monoisotopic (exact) mass is 526 g/mol. The Labute approximate surface area is 189 Å². The van der Waals surface area contributed by atoms with Gasteiger partial charge in [0.1, 0.15) is 0 Å². The van der Waals surface area contributed by atoms with Gasteiger partial charge in [0.15, 0.2) is 15.8 Å². The molecular weight excluding hydrogens is 499 g/mol. The Hall–Kier alpha value is -2.07. The molecule has 0 saturated carbocycles. The number of aliphatic imine (C=N–C) groups is 1. The second-order valence-electron chi connectivity index (χ2n) is 6.67. The van der Waals surface area contributed by atoms with Crippen molar-refractivity contribution in [3.05, 3.63) is 65.9 Å². The zero-order chi connectivity index (χ0) is 20.0. The average Bonchev–Trinajstić information content (AvgIpc) is 3.09. The number of H-pyrrole nitrogens is 1. The van der Waals surface area contributed by atoms with E-state index in [1.165, 1.54) is 16.5 Å². The molecule has 156 valence electrons. The molecule has 1 heterocycles. The van der Waals surface area contributed by atoms with Gasteiger partial charge in [-0.25, -0.2) is 8.42 Å². The van der Waals surface area contributed by atoms with Gasteiger partial charge in [-0.3, -0.25) is 4.99 Å². The third kappa shape index (κ3) is 6.20. The van der Waals surface area contributed by atoms with Crippen molar-refractivity contribution < 1.29 is 8.42 Å². The van der Waals surface area contributed by atoms with Crippen LogP contribution in [0.1, 0.15) is 11.1 Å². The minimum absolute atomic E-state index is 0. The van der Waals surface area contributed by atoms with E-state index in [9.17, 15) is 8.42 Å². The van der Waals surface area contributed by atoms with Crippen molar-refractivity contribution in [2.75, 3.05) is 25.9 Å². The molecule has 0 unspecified atom stereocenters. The fourth-order valence-corrected chi connectivity index (χ4v) is 4.27. The summed E-state index contributed by atoms with van der Waals surface area (Å²) in [6.07, 6.45) is 2.88. The Bertz CT molecular complexity index is 1060. The first kappa shape index (κ1) is 23.2. The van der Waals surface area contributed by atoms with Crippen LogP contribution in [-0.2, 0) is 16.3 Å². The molecule has 3 rings (SSSR count). The van der Waals surface area contributed by atoms with Crippen LogP contribution in [0.25, 0.3) is 10.9 Å². The molecule has 1 aromatic heterocycles. The number of aromatic amines is 1. The topological polar surface area (TPSA) is 86.3 Å². The van der Waals surface area contributed by atoms with Gasteiger partial charge >= 0.3 is 0 Å². The van der Waals surface area contributed by atoms with Crippen LogP contribution < -0.4 is 10.6 Å².